The molecule has 2 unspecified atom stereocenters. The average molecular weight is 642 g/mol. The number of alkyl carbamates (subject to hydrolysis) is 1. The van der Waals surface area contributed by atoms with Gasteiger partial charge in [0.15, 0.2) is 0 Å². The molecule has 0 fully saturated rings. The average Bonchev–Trinajstić information content (AvgIpc) is 2.88. The van der Waals surface area contributed by atoms with Crippen molar-refractivity contribution < 1.29 is 33.8 Å². The van der Waals surface area contributed by atoms with Gasteiger partial charge >= 0.3 is 6.09 Å². The second kappa shape index (κ2) is 20.3. The van der Waals surface area contributed by atoms with Crippen LogP contribution in [0.5, 0.6) is 0 Å². The van der Waals surface area contributed by atoms with Crippen molar-refractivity contribution in [1.82, 2.24) is 26.6 Å². The van der Waals surface area contributed by atoms with E-state index < -0.39 is 53.6 Å². The Morgan fingerprint density at radius 2 is 1.18 bits per heavy atom. The molecule has 5 amide bonds. The van der Waals surface area contributed by atoms with Crippen molar-refractivity contribution in [3.8, 4) is 0 Å². The van der Waals surface area contributed by atoms with E-state index in [4.69, 9.17) is 4.74 Å². The number of hydrogen-bond donors (Lipinski definition) is 6. The summed E-state index contributed by atoms with van der Waals surface area (Å²) in [5.41, 5.74) is -1.66. The molecule has 5 atom stereocenters. The molecule has 12 heteroatoms. The molecule has 0 saturated carbocycles. The van der Waals surface area contributed by atoms with Crippen LogP contribution in [0.1, 0.15) is 109 Å². The Morgan fingerprint density at radius 1 is 0.667 bits per heavy atom. The van der Waals surface area contributed by atoms with Gasteiger partial charge in [0.2, 0.25) is 23.6 Å². The molecule has 0 aliphatic rings. The van der Waals surface area contributed by atoms with Crippen LogP contribution in [0.3, 0.4) is 0 Å². The maximum atomic E-state index is 13.6. The van der Waals surface area contributed by atoms with Gasteiger partial charge < -0.3 is 36.4 Å². The fourth-order valence-corrected chi connectivity index (χ4v) is 4.51. The molecule has 45 heavy (non-hydrogen) atoms. The summed E-state index contributed by atoms with van der Waals surface area (Å²) in [6.07, 6.45) is 0.801. The highest BCUT2D eigenvalue weighted by molar-refractivity contribution is 5.92. The third-order valence-electron chi connectivity index (χ3n) is 7.48. The molecule has 0 bridgehead atoms. The van der Waals surface area contributed by atoms with E-state index in [0.717, 1.165) is 6.42 Å². The lowest BCUT2D eigenvalue weighted by atomic mass is 9.85. The van der Waals surface area contributed by atoms with Crippen LogP contribution in [-0.4, -0.2) is 77.7 Å². The number of carbonyl (C=O) groups is 5. The minimum absolute atomic E-state index is 0.0545. The predicted molar refractivity (Wildman–Crippen MR) is 176 cm³/mol. The first-order chi connectivity index (χ1) is 20.7. The summed E-state index contributed by atoms with van der Waals surface area (Å²) in [6, 6.07) is -3.55. The van der Waals surface area contributed by atoms with E-state index in [9.17, 15) is 29.1 Å². The van der Waals surface area contributed by atoms with Crippen molar-refractivity contribution in [1.29, 1.82) is 0 Å². The number of amides is 5. The number of rotatable bonds is 20. The van der Waals surface area contributed by atoms with Crippen molar-refractivity contribution in [2.24, 2.45) is 29.6 Å². The molecule has 0 aromatic carbocycles. The quantitative estimate of drug-likeness (QED) is 0.118. The molecule has 0 aromatic rings. The second-order valence-corrected chi connectivity index (χ2v) is 14.4. The minimum Gasteiger partial charge on any atom is -0.450 e. The normalized spacial score (nSPS) is 15.7. The van der Waals surface area contributed by atoms with Crippen molar-refractivity contribution in [2.75, 3.05) is 13.2 Å². The molecule has 0 aliphatic heterocycles. The van der Waals surface area contributed by atoms with E-state index >= 15 is 0 Å². The fourth-order valence-electron chi connectivity index (χ4n) is 4.51. The maximum Gasteiger partial charge on any atom is 0.407 e. The van der Waals surface area contributed by atoms with Crippen LogP contribution in [0.25, 0.3) is 0 Å². The number of aliphatic hydroxyl groups is 1. The Morgan fingerprint density at radius 3 is 1.67 bits per heavy atom. The Kier molecular flexibility index (Phi) is 19.0. The van der Waals surface area contributed by atoms with Gasteiger partial charge in [-0.15, -0.1) is 0 Å². The molecule has 262 valence electrons. The zero-order valence-corrected chi connectivity index (χ0v) is 29.8. The van der Waals surface area contributed by atoms with Gasteiger partial charge in [0.25, 0.3) is 0 Å². The first-order valence-corrected chi connectivity index (χ1v) is 16.5. The standard InChI is InChI=1S/C33H63N5O7/c1-19(2)13-15-34-29(40)24(11)35-26(39)18-33(12,44)25(17-21(5)6)36-30(41)27(22(7)8)37-31(42)28(23(9)10)38-32(43)45-16-14-20(3)4/h19-25,27-28,44H,13-18H2,1-12H3,(H,34,40)(H,35,39)(H,36,41)(H,37,42)(H,38,43)/t24-,25-,27?,28?,33-/m0/s1. The van der Waals surface area contributed by atoms with Crippen molar-refractivity contribution in [2.45, 2.75) is 139 Å². The Labute approximate surface area is 271 Å². The van der Waals surface area contributed by atoms with Crippen LogP contribution in [0.2, 0.25) is 0 Å². The van der Waals surface area contributed by atoms with E-state index in [1.54, 1.807) is 34.6 Å². The van der Waals surface area contributed by atoms with Gasteiger partial charge in [-0.25, -0.2) is 4.79 Å². The third-order valence-corrected chi connectivity index (χ3v) is 7.48. The molecule has 12 nitrogen and oxygen atoms in total. The monoisotopic (exact) mass is 641 g/mol. The van der Waals surface area contributed by atoms with E-state index in [1.165, 1.54) is 6.92 Å². The molecular formula is C33H63N5O7. The molecule has 0 heterocycles. The summed E-state index contributed by atoms with van der Waals surface area (Å²) < 4.78 is 5.21. The highest BCUT2D eigenvalue weighted by atomic mass is 16.5. The molecule has 0 saturated heterocycles. The molecule has 0 aromatic heterocycles. The lowest BCUT2D eigenvalue weighted by molar-refractivity contribution is -0.135. The summed E-state index contributed by atoms with van der Waals surface area (Å²) in [5.74, 6) is -1.68. The van der Waals surface area contributed by atoms with Gasteiger partial charge in [-0.05, 0) is 62.7 Å². The van der Waals surface area contributed by atoms with Crippen molar-refractivity contribution in [3.63, 3.8) is 0 Å². The zero-order chi connectivity index (χ0) is 35.1. The SMILES string of the molecule is CC(C)CCNC(=O)[C@H](C)NC(=O)C[C@](C)(O)[C@H](CC(C)C)NC(=O)C(NC(=O)C(NC(=O)OCCC(C)C)C(C)C)C(C)C. The molecule has 6 N–H and O–H groups in total. The summed E-state index contributed by atoms with van der Waals surface area (Å²) in [7, 11) is 0. The highest BCUT2D eigenvalue weighted by Gasteiger charge is 2.39. The van der Waals surface area contributed by atoms with Gasteiger partial charge in [-0.2, -0.15) is 0 Å². The lowest BCUT2D eigenvalue weighted by Gasteiger charge is -2.36. The summed E-state index contributed by atoms with van der Waals surface area (Å²) >= 11 is 0. The van der Waals surface area contributed by atoms with Crippen molar-refractivity contribution in [3.05, 3.63) is 0 Å². The first-order valence-electron chi connectivity index (χ1n) is 16.5. The fraction of sp³-hybridized carbons (Fsp3) is 0.848. The van der Waals surface area contributed by atoms with Crippen LogP contribution >= 0.6 is 0 Å². The smallest absolute Gasteiger partial charge is 0.407 e. The zero-order valence-electron chi connectivity index (χ0n) is 29.8. The second-order valence-electron chi connectivity index (χ2n) is 14.4. The molecule has 0 aliphatic carbocycles. The first kappa shape index (κ1) is 42.1. The van der Waals surface area contributed by atoms with Gasteiger partial charge in [-0.1, -0.05) is 69.2 Å². The number of ether oxygens (including phenoxy) is 1. The molecule has 0 rings (SSSR count). The van der Waals surface area contributed by atoms with Crippen LogP contribution in [0.4, 0.5) is 4.79 Å². The van der Waals surface area contributed by atoms with E-state index in [1.807, 2.05) is 27.7 Å². The van der Waals surface area contributed by atoms with Gasteiger partial charge in [-0.3, -0.25) is 19.2 Å². The van der Waals surface area contributed by atoms with Gasteiger partial charge in [0.05, 0.1) is 24.7 Å². The topological polar surface area (TPSA) is 175 Å². The van der Waals surface area contributed by atoms with E-state index in [0.29, 0.717) is 31.2 Å². The molecular weight excluding hydrogens is 578 g/mol. The third kappa shape index (κ3) is 17.4. The Balaban J connectivity index is 5.58. The van der Waals surface area contributed by atoms with Crippen LogP contribution < -0.4 is 26.6 Å². The maximum absolute atomic E-state index is 13.6. The largest absolute Gasteiger partial charge is 0.450 e. The number of nitrogens with one attached hydrogen (secondary N) is 5. The summed E-state index contributed by atoms with van der Waals surface area (Å²) in [6.45, 7) is 22.9. The van der Waals surface area contributed by atoms with Gasteiger partial charge in [0.1, 0.15) is 18.1 Å². The Bertz CT molecular complexity index is 950. The van der Waals surface area contributed by atoms with Crippen LogP contribution in [0.15, 0.2) is 0 Å². The number of carbonyl (C=O) groups excluding carboxylic acids is 5. The van der Waals surface area contributed by atoms with E-state index in [2.05, 4.69) is 40.4 Å². The predicted octanol–water partition coefficient (Wildman–Crippen LogP) is 3.26. The number of hydrogen-bond acceptors (Lipinski definition) is 7. The lowest BCUT2D eigenvalue weighted by Crippen LogP contribution is -2.61. The summed E-state index contributed by atoms with van der Waals surface area (Å²) in [5, 5.41) is 25.1. The van der Waals surface area contributed by atoms with E-state index in [-0.39, 0.29) is 36.7 Å². The Hall–Kier alpha value is -2.89. The van der Waals surface area contributed by atoms with Crippen LogP contribution in [0, 0.1) is 29.6 Å². The van der Waals surface area contributed by atoms with Gasteiger partial charge in [0, 0.05) is 6.54 Å². The molecule has 0 radical (unpaired) electrons. The molecule has 0 spiro atoms. The van der Waals surface area contributed by atoms with Crippen molar-refractivity contribution >= 4 is 29.7 Å². The minimum atomic E-state index is -1.66. The summed E-state index contributed by atoms with van der Waals surface area (Å²) in [4.78, 5) is 64.5. The van der Waals surface area contributed by atoms with Crippen LogP contribution in [-0.2, 0) is 23.9 Å². The highest BCUT2D eigenvalue weighted by Crippen LogP contribution is 2.22.